The predicted octanol–water partition coefficient (Wildman–Crippen LogP) is 2.20. The summed E-state index contributed by atoms with van der Waals surface area (Å²) >= 11 is 5.82. The SMILES string of the molecule is Cc1ccnc(SCCCS)n1. The number of aromatic nitrogens is 2. The molecular formula is C8H12N2S2. The Bertz CT molecular complexity index is 240. The highest BCUT2D eigenvalue weighted by molar-refractivity contribution is 7.99. The maximum Gasteiger partial charge on any atom is 0.187 e. The van der Waals surface area contributed by atoms with Gasteiger partial charge in [-0.3, -0.25) is 0 Å². The van der Waals surface area contributed by atoms with Crippen LogP contribution in [0.4, 0.5) is 0 Å². The van der Waals surface area contributed by atoms with E-state index in [1.54, 1.807) is 18.0 Å². The van der Waals surface area contributed by atoms with Gasteiger partial charge in [0.1, 0.15) is 0 Å². The molecule has 66 valence electrons. The van der Waals surface area contributed by atoms with Crippen LogP contribution in [0.2, 0.25) is 0 Å². The summed E-state index contributed by atoms with van der Waals surface area (Å²) in [4.78, 5) is 8.41. The molecule has 0 atom stereocenters. The van der Waals surface area contributed by atoms with Crippen LogP contribution >= 0.6 is 24.4 Å². The van der Waals surface area contributed by atoms with E-state index in [0.29, 0.717) is 0 Å². The Morgan fingerprint density at radius 2 is 2.42 bits per heavy atom. The fraction of sp³-hybridized carbons (Fsp3) is 0.500. The molecule has 0 aliphatic heterocycles. The quantitative estimate of drug-likeness (QED) is 0.349. The molecule has 1 heterocycles. The van der Waals surface area contributed by atoms with E-state index in [2.05, 4.69) is 22.6 Å². The van der Waals surface area contributed by atoms with Gasteiger partial charge in [-0.15, -0.1) is 0 Å². The van der Waals surface area contributed by atoms with Gasteiger partial charge in [-0.05, 0) is 25.2 Å². The number of hydrogen-bond acceptors (Lipinski definition) is 4. The summed E-state index contributed by atoms with van der Waals surface area (Å²) < 4.78 is 0. The zero-order valence-electron chi connectivity index (χ0n) is 7.03. The molecule has 0 N–H and O–H groups in total. The molecule has 1 aromatic heterocycles. The van der Waals surface area contributed by atoms with E-state index in [1.807, 2.05) is 13.0 Å². The summed E-state index contributed by atoms with van der Waals surface area (Å²) in [7, 11) is 0. The molecule has 0 aliphatic rings. The van der Waals surface area contributed by atoms with Crippen molar-refractivity contribution in [1.82, 2.24) is 9.97 Å². The third kappa shape index (κ3) is 3.45. The fourth-order valence-corrected chi connectivity index (χ4v) is 1.91. The number of rotatable bonds is 4. The van der Waals surface area contributed by atoms with Gasteiger partial charge in [-0.2, -0.15) is 12.6 Å². The van der Waals surface area contributed by atoms with Crippen molar-refractivity contribution in [3.63, 3.8) is 0 Å². The second kappa shape index (κ2) is 5.43. The van der Waals surface area contributed by atoms with Crippen LogP contribution < -0.4 is 0 Å². The van der Waals surface area contributed by atoms with Crippen molar-refractivity contribution in [2.45, 2.75) is 18.5 Å². The van der Waals surface area contributed by atoms with Crippen molar-refractivity contribution in [3.05, 3.63) is 18.0 Å². The van der Waals surface area contributed by atoms with Crippen LogP contribution in [0.1, 0.15) is 12.1 Å². The van der Waals surface area contributed by atoms with E-state index < -0.39 is 0 Å². The third-order valence-electron chi connectivity index (χ3n) is 1.31. The first kappa shape index (κ1) is 9.86. The number of hydrogen-bond donors (Lipinski definition) is 1. The summed E-state index contributed by atoms with van der Waals surface area (Å²) in [5, 5.41) is 0.872. The molecule has 0 bridgehead atoms. The van der Waals surface area contributed by atoms with Gasteiger partial charge in [0, 0.05) is 17.6 Å². The molecule has 1 aromatic rings. The molecular weight excluding hydrogens is 188 g/mol. The number of aryl methyl sites for hydroxylation is 1. The minimum atomic E-state index is 0.872. The van der Waals surface area contributed by atoms with E-state index in [0.717, 1.165) is 28.8 Å². The average molecular weight is 200 g/mol. The van der Waals surface area contributed by atoms with Crippen molar-refractivity contribution in [3.8, 4) is 0 Å². The Morgan fingerprint density at radius 3 is 3.08 bits per heavy atom. The van der Waals surface area contributed by atoms with Gasteiger partial charge in [-0.1, -0.05) is 11.8 Å². The molecule has 0 fully saturated rings. The van der Waals surface area contributed by atoms with Gasteiger partial charge in [0.25, 0.3) is 0 Å². The van der Waals surface area contributed by atoms with Gasteiger partial charge in [0.2, 0.25) is 0 Å². The normalized spacial score (nSPS) is 10.2. The lowest BCUT2D eigenvalue weighted by molar-refractivity contribution is 0.929. The number of nitrogens with zero attached hydrogens (tertiary/aromatic N) is 2. The monoisotopic (exact) mass is 200 g/mol. The lowest BCUT2D eigenvalue weighted by atomic mass is 10.5. The molecule has 0 spiro atoms. The minimum absolute atomic E-state index is 0.872. The van der Waals surface area contributed by atoms with Gasteiger partial charge < -0.3 is 0 Å². The average Bonchev–Trinajstić information content (AvgIpc) is 2.05. The van der Waals surface area contributed by atoms with Gasteiger partial charge in [-0.25, -0.2) is 9.97 Å². The molecule has 0 saturated heterocycles. The van der Waals surface area contributed by atoms with E-state index >= 15 is 0 Å². The summed E-state index contributed by atoms with van der Waals surface area (Å²) in [6.45, 7) is 1.98. The standard InChI is InChI=1S/C8H12N2S2/c1-7-3-4-9-8(10-7)12-6-2-5-11/h3-4,11H,2,5-6H2,1H3. The zero-order valence-corrected chi connectivity index (χ0v) is 8.74. The van der Waals surface area contributed by atoms with E-state index in [-0.39, 0.29) is 0 Å². The lowest BCUT2D eigenvalue weighted by Crippen LogP contribution is -1.89. The Kier molecular flexibility index (Phi) is 4.46. The third-order valence-corrected chi connectivity index (χ3v) is 2.57. The summed E-state index contributed by atoms with van der Waals surface area (Å²) in [5.41, 5.74) is 1.03. The van der Waals surface area contributed by atoms with Crippen molar-refractivity contribution < 1.29 is 0 Å². The van der Waals surface area contributed by atoms with Gasteiger partial charge >= 0.3 is 0 Å². The Morgan fingerprint density at radius 1 is 1.58 bits per heavy atom. The maximum absolute atomic E-state index is 4.27. The lowest BCUT2D eigenvalue weighted by Gasteiger charge is -1.98. The van der Waals surface area contributed by atoms with Crippen LogP contribution in [-0.4, -0.2) is 21.5 Å². The molecule has 0 aromatic carbocycles. The van der Waals surface area contributed by atoms with Crippen molar-refractivity contribution in [2.75, 3.05) is 11.5 Å². The first-order valence-electron chi connectivity index (χ1n) is 3.86. The van der Waals surface area contributed by atoms with Crippen molar-refractivity contribution >= 4 is 24.4 Å². The first-order valence-corrected chi connectivity index (χ1v) is 5.48. The van der Waals surface area contributed by atoms with Crippen LogP contribution in [0.15, 0.2) is 17.4 Å². The molecule has 12 heavy (non-hydrogen) atoms. The molecule has 4 heteroatoms. The predicted molar refractivity (Wildman–Crippen MR) is 56.0 cm³/mol. The summed E-state index contributed by atoms with van der Waals surface area (Å²) in [6, 6.07) is 1.91. The smallest absolute Gasteiger partial charge is 0.187 e. The van der Waals surface area contributed by atoms with Crippen LogP contribution in [0.25, 0.3) is 0 Å². The topological polar surface area (TPSA) is 25.8 Å². The molecule has 1 rings (SSSR count). The Hall–Kier alpha value is -0.220. The van der Waals surface area contributed by atoms with Crippen LogP contribution in [0.5, 0.6) is 0 Å². The molecule has 2 nitrogen and oxygen atoms in total. The molecule has 0 unspecified atom stereocenters. The van der Waals surface area contributed by atoms with Gasteiger partial charge in [0.05, 0.1) is 0 Å². The fourth-order valence-electron chi connectivity index (χ4n) is 0.723. The van der Waals surface area contributed by atoms with Crippen molar-refractivity contribution in [2.24, 2.45) is 0 Å². The van der Waals surface area contributed by atoms with Crippen molar-refractivity contribution in [1.29, 1.82) is 0 Å². The second-order valence-corrected chi connectivity index (χ2v) is 3.92. The highest BCUT2D eigenvalue weighted by Gasteiger charge is 1.95. The Labute approximate surface area is 82.6 Å². The number of thiol groups is 1. The van der Waals surface area contributed by atoms with Crippen LogP contribution in [0, 0.1) is 6.92 Å². The van der Waals surface area contributed by atoms with E-state index in [9.17, 15) is 0 Å². The number of thioether (sulfide) groups is 1. The summed E-state index contributed by atoms with van der Waals surface area (Å²) in [5.74, 6) is 1.98. The Balaban J connectivity index is 2.41. The van der Waals surface area contributed by atoms with Crippen LogP contribution in [0.3, 0.4) is 0 Å². The van der Waals surface area contributed by atoms with Gasteiger partial charge in [0.15, 0.2) is 5.16 Å². The molecule has 0 radical (unpaired) electrons. The minimum Gasteiger partial charge on any atom is -0.231 e. The second-order valence-electron chi connectivity index (χ2n) is 2.41. The van der Waals surface area contributed by atoms with Crippen LogP contribution in [-0.2, 0) is 0 Å². The summed E-state index contributed by atoms with van der Waals surface area (Å²) in [6.07, 6.45) is 2.90. The van der Waals surface area contributed by atoms with E-state index in [4.69, 9.17) is 0 Å². The highest BCUT2D eigenvalue weighted by Crippen LogP contribution is 2.13. The highest BCUT2D eigenvalue weighted by atomic mass is 32.2. The first-order chi connectivity index (χ1) is 5.83. The molecule has 0 aliphatic carbocycles. The zero-order chi connectivity index (χ0) is 8.81. The maximum atomic E-state index is 4.27. The molecule has 0 amide bonds. The largest absolute Gasteiger partial charge is 0.231 e. The van der Waals surface area contributed by atoms with E-state index in [1.165, 1.54) is 0 Å². The molecule has 0 saturated carbocycles.